The van der Waals surface area contributed by atoms with Crippen molar-refractivity contribution in [3.8, 4) is 11.6 Å². The number of pyridine rings is 1. The number of nitrogens with zero attached hydrogens (tertiary/aromatic N) is 1. The van der Waals surface area contributed by atoms with Crippen LogP contribution in [0.5, 0.6) is 11.6 Å². The standard InChI is InChI=1S/C15H13BrFNO2/c1-10-4-3-5-14(18-10)20-13-7-6-12(16)11(15(13)17)8-9-19-2/h3-9H,1-2H3/b9-8+. The van der Waals surface area contributed by atoms with Gasteiger partial charge in [0.2, 0.25) is 5.88 Å². The summed E-state index contributed by atoms with van der Waals surface area (Å²) in [5, 5.41) is 0. The molecule has 0 saturated heterocycles. The minimum atomic E-state index is -0.476. The fourth-order valence-electron chi connectivity index (χ4n) is 1.60. The average molecular weight is 338 g/mol. The largest absolute Gasteiger partial charge is 0.504 e. The molecule has 0 atom stereocenters. The summed E-state index contributed by atoms with van der Waals surface area (Å²) in [6.45, 7) is 1.84. The van der Waals surface area contributed by atoms with E-state index < -0.39 is 5.82 Å². The van der Waals surface area contributed by atoms with Crippen molar-refractivity contribution >= 4 is 22.0 Å². The maximum atomic E-state index is 14.4. The van der Waals surface area contributed by atoms with Crippen molar-refractivity contribution in [2.45, 2.75) is 6.92 Å². The van der Waals surface area contributed by atoms with E-state index in [0.29, 0.717) is 15.9 Å². The topological polar surface area (TPSA) is 31.4 Å². The molecule has 0 aliphatic carbocycles. The third-order valence-electron chi connectivity index (χ3n) is 2.54. The monoisotopic (exact) mass is 337 g/mol. The first kappa shape index (κ1) is 14.5. The second-order valence-corrected chi connectivity index (χ2v) is 4.89. The average Bonchev–Trinajstić information content (AvgIpc) is 2.42. The van der Waals surface area contributed by atoms with Gasteiger partial charge in [0.25, 0.3) is 0 Å². The number of hydrogen-bond donors (Lipinski definition) is 0. The summed E-state index contributed by atoms with van der Waals surface area (Å²) in [6.07, 6.45) is 2.92. The number of benzene rings is 1. The predicted octanol–water partition coefficient (Wildman–Crippen LogP) is 4.70. The molecule has 1 aromatic carbocycles. The highest BCUT2D eigenvalue weighted by Gasteiger charge is 2.12. The number of aromatic nitrogens is 1. The van der Waals surface area contributed by atoms with Gasteiger partial charge in [-0.3, -0.25) is 0 Å². The molecule has 0 amide bonds. The number of methoxy groups -OCH3 is 1. The van der Waals surface area contributed by atoms with Crippen molar-refractivity contribution in [2.75, 3.05) is 7.11 Å². The fraction of sp³-hybridized carbons (Fsp3) is 0.133. The molecule has 0 N–H and O–H groups in total. The van der Waals surface area contributed by atoms with E-state index in [4.69, 9.17) is 9.47 Å². The van der Waals surface area contributed by atoms with Crippen molar-refractivity contribution in [3.63, 3.8) is 0 Å². The fourth-order valence-corrected chi connectivity index (χ4v) is 2.04. The SMILES string of the molecule is CO/C=C/c1c(Br)ccc(Oc2cccc(C)n2)c1F. The Morgan fingerprint density at radius 2 is 2.05 bits per heavy atom. The summed E-state index contributed by atoms with van der Waals surface area (Å²) in [5.41, 5.74) is 1.16. The molecule has 0 spiro atoms. The Kier molecular flexibility index (Phi) is 4.74. The summed E-state index contributed by atoms with van der Waals surface area (Å²) in [4.78, 5) is 4.18. The van der Waals surface area contributed by atoms with Crippen molar-refractivity contribution in [1.82, 2.24) is 4.98 Å². The van der Waals surface area contributed by atoms with Crippen molar-refractivity contribution < 1.29 is 13.9 Å². The molecule has 0 aliphatic rings. The Morgan fingerprint density at radius 1 is 1.25 bits per heavy atom. The minimum absolute atomic E-state index is 0.113. The third kappa shape index (κ3) is 3.36. The lowest BCUT2D eigenvalue weighted by Gasteiger charge is -2.09. The predicted molar refractivity (Wildman–Crippen MR) is 79.2 cm³/mol. The first-order chi connectivity index (χ1) is 9.61. The highest BCUT2D eigenvalue weighted by Crippen LogP contribution is 2.31. The van der Waals surface area contributed by atoms with Gasteiger partial charge >= 0.3 is 0 Å². The van der Waals surface area contributed by atoms with E-state index in [2.05, 4.69) is 20.9 Å². The highest BCUT2D eigenvalue weighted by atomic mass is 79.9. The Labute approximate surface area is 125 Å². The van der Waals surface area contributed by atoms with Crippen LogP contribution in [0.15, 0.2) is 41.1 Å². The van der Waals surface area contributed by atoms with Crippen LogP contribution in [0.4, 0.5) is 4.39 Å². The van der Waals surface area contributed by atoms with Gasteiger partial charge < -0.3 is 9.47 Å². The Bertz CT molecular complexity index is 644. The maximum Gasteiger partial charge on any atom is 0.219 e. The van der Waals surface area contributed by atoms with E-state index in [9.17, 15) is 4.39 Å². The van der Waals surface area contributed by atoms with Crippen molar-refractivity contribution in [1.29, 1.82) is 0 Å². The van der Waals surface area contributed by atoms with E-state index >= 15 is 0 Å². The molecule has 0 aliphatic heterocycles. The van der Waals surface area contributed by atoms with Crippen molar-refractivity contribution in [3.05, 3.63) is 58.1 Å². The van der Waals surface area contributed by atoms with Crippen LogP contribution >= 0.6 is 15.9 Å². The molecule has 1 aromatic heterocycles. The maximum absolute atomic E-state index is 14.4. The zero-order chi connectivity index (χ0) is 14.5. The third-order valence-corrected chi connectivity index (χ3v) is 3.23. The van der Waals surface area contributed by atoms with Crippen LogP contribution in [0, 0.1) is 12.7 Å². The van der Waals surface area contributed by atoms with Crippen LogP contribution < -0.4 is 4.74 Å². The number of halogens is 2. The van der Waals surface area contributed by atoms with Gasteiger partial charge in [0.05, 0.1) is 13.4 Å². The first-order valence-corrected chi connectivity index (χ1v) is 6.70. The summed E-state index contributed by atoms with van der Waals surface area (Å²) in [5.74, 6) is -0.00840. The molecule has 0 fully saturated rings. The summed E-state index contributed by atoms with van der Waals surface area (Å²) < 4.78 is 25.3. The first-order valence-electron chi connectivity index (χ1n) is 5.90. The Balaban J connectivity index is 2.35. The molecule has 0 bridgehead atoms. The molecular weight excluding hydrogens is 325 g/mol. The molecule has 0 saturated carbocycles. The molecule has 2 aromatic rings. The smallest absolute Gasteiger partial charge is 0.219 e. The molecule has 1 heterocycles. The quantitative estimate of drug-likeness (QED) is 0.757. The van der Waals surface area contributed by atoms with Crippen molar-refractivity contribution in [2.24, 2.45) is 0 Å². The van der Waals surface area contributed by atoms with Crippen LogP contribution in [-0.2, 0) is 4.74 Å². The Hall–Kier alpha value is -1.88. The van der Waals surface area contributed by atoms with Crippen LogP contribution in [0.1, 0.15) is 11.3 Å². The van der Waals surface area contributed by atoms with Gasteiger partial charge in [-0.1, -0.05) is 22.0 Å². The summed E-state index contributed by atoms with van der Waals surface area (Å²) >= 11 is 3.29. The molecular formula is C15H13BrFNO2. The lowest BCUT2D eigenvalue weighted by molar-refractivity contribution is 0.341. The molecule has 2 rings (SSSR count). The summed E-state index contributed by atoms with van der Waals surface area (Å²) in [7, 11) is 1.50. The normalized spacial score (nSPS) is 10.8. The van der Waals surface area contributed by atoms with Crippen LogP contribution in [0.3, 0.4) is 0 Å². The lowest BCUT2D eigenvalue weighted by Crippen LogP contribution is -1.94. The van der Waals surface area contributed by atoms with Gasteiger partial charge in [0, 0.05) is 21.8 Å². The van der Waals surface area contributed by atoms with Crippen LogP contribution in [0.2, 0.25) is 0 Å². The number of rotatable bonds is 4. The van der Waals surface area contributed by atoms with Gasteiger partial charge in [-0.2, -0.15) is 0 Å². The van der Waals surface area contributed by atoms with E-state index in [1.165, 1.54) is 19.4 Å². The van der Waals surface area contributed by atoms with Gasteiger partial charge in [-0.15, -0.1) is 0 Å². The lowest BCUT2D eigenvalue weighted by atomic mass is 10.2. The number of ether oxygens (including phenoxy) is 2. The molecule has 104 valence electrons. The van der Waals surface area contributed by atoms with Crippen LogP contribution in [-0.4, -0.2) is 12.1 Å². The van der Waals surface area contributed by atoms with E-state index in [1.807, 2.05) is 13.0 Å². The van der Waals surface area contributed by atoms with E-state index in [-0.39, 0.29) is 5.75 Å². The number of hydrogen-bond acceptors (Lipinski definition) is 3. The molecule has 3 nitrogen and oxygen atoms in total. The highest BCUT2D eigenvalue weighted by molar-refractivity contribution is 9.10. The van der Waals surface area contributed by atoms with E-state index in [1.54, 1.807) is 24.3 Å². The van der Waals surface area contributed by atoms with Gasteiger partial charge in [0.15, 0.2) is 11.6 Å². The molecule has 5 heteroatoms. The number of aryl methyl sites for hydroxylation is 1. The summed E-state index contributed by atoms with van der Waals surface area (Å²) in [6, 6.07) is 8.59. The zero-order valence-electron chi connectivity index (χ0n) is 11.1. The molecule has 20 heavy (non-hydrogen) atoms. The Morgan fingerprint density at radius 3 is 2.75 bits per heavy atom. The molecule has 0 unspecified atom stereocenters. The van der Waals surface area contributed by atoms with E-state index in [0.717, 1.165) is 5.69 Å². The minimum Gasteiger partial charge on any atom is -0.504 e. The van der Waals surface area contributed by atoms with Crippen LogP contribution in [0.25, 0.3) is 6.08 Å². The second kappa shape index (κ2) is 6.52. The van der Waals surface area contributed by atoms with Gasteiger partial charge in [-0.25, -0.2) is 9.37 Å². The van der Waals surface area contributed by atoms with Gasteiger partial charge in [0.1, 0.15) is 0 Å². The zero-order valence-corrected chi connectivity index (χ0v) is 12.6. The second-order valence-electron chi connectivity index (χ2n) is 4.03. The van der Waals surface area contributed by atoms with Gasteiger partial charge in [-0.05, 0) is 31.2 Å². The molecule has 0 radical (unpaired) electrons.